The number of hydrogen-bond acceptors (Lipinski definition) is 5. The average molecular weight is 385 g/mol. The highest BCUT2D eigenvalue weighted by atomic mass is 35.5. The first-order valence-corrected chi connectivity index (χ1v) is 9.00. The molecule has 1 aromatic carbocycles. The number of aromatic nitrogens is 2. The van der Waals surface area contributed by atoms with E-state index in [2.05, 4.69) is 43.2 Å². The molecule has 0 spiro atoms. The topological polar surface area (TPSA) is 87.9 Å². The molecule has 0 bridgehead atoms. The molecule has 1 N–H and O–H groups in total. The molecule has 0 aliphatic heterocycles. The summed E-state index contributed by atoms with van der Waals surface area (Å²) in [6.45, 7) is 8.21. The van der Waals surface area contributed by atoms with Crippen molar-refractivity contribution in [3.63, 3.8) is 0 Å². The third kappa shape index (κ3) is 3.35. The number of ether oxygens (including phenoxy) is 1. The molecule has 1 amide bonds. The van der Waals surface area contributed by atoms with Gasteiger partial charge in [0.1, 0.15) is 17.9 Å². The predicted octanol–water partition coefficient (Wildman–Crippen LogP) is 3.61. The lowest BCUT2D eigenvalue weighted by Gasteiger charge is -2.63. The summed E-state index contributed by atoms with van der Waals surface area (Å²) in [6.07, 6.45) is 1.38. The Hall–Kier alpha value is -2.65. The summed E-state index contributed by atoms with van der Waals surface area (Å²) in [5, 5.41) is 20.0. The lowest BCUT2D eigenvalue weighted by molar-refractivity contribution is -0.164. The normalized spacial score (nSPS) is 22.2. The van der Waals surface area contributed by atoms with Gasteiger partial charge in [0, 0.05) is 29.1 Å². The van der Waals surface area contributed by atoms with Crippen LogP contribution in [0.4, 0.5) is 0 Å². The standard InChI is InChI=1S/C20H21ClN4O2/c1-19(2)17(24-16(26)15-6-5-9-23-25-15)20(3,4)18(19)27-13-8-7-12(11-22)14(21)10-13/h5-10,17-18H,1-4H3,(H,24,26). The monoisotopic (exact) mass is 384 g/mol. The van der Waals surface area contributed by atoms with Crippen LogP contribution in [0.2, 0.25) is 5.02 Å². The van der Waals surface area contributed by atoms with Crippen LogP contribution in [0.15, 0.2) is 36.5 Å². The molecule has 7 heteroatoms. The summed E-state index contributed by atoms with van der Waals surface area (Å²) in [4.78, 5) is 12.5. The maximum atomic E-state index is 12.5. The second kappa shape index (κ2) is 6.82. The van der Waals surface area contributed by atoms with E-state index in [1.165, 1.54) is 6.20 Å². The van der Waals surface area contributed by atoms with Crippen LogP contribution in [0.1, 0.15) is 43.7 Å². The Balaban J connectivity index is 1.77. The SMILES string of the molecule is CC1(C)C(NC(=O)c2cccnn2)C(C)(C)C1Oc1ccc(C#N)c(Cl)c1. The van der Waals surface area contributed by atoms with Crippen molar-refractivity contribution in [2.75, 3.05) is 0 Å². The average Bonchev–Trinajstić information content (AvgIpc) is 2.64. The Morgan fingerprint density at radius 3 is 2.52 bits per heavy atom. The fraction of sp³-hybridized carbons (Fsp3) is 0.400. The van der Waals surface area contributed by atoms with Gasteiger partial charge in [-0.15, -0.1) is 5.10 Å². The number of rotatable bonds is 4. The molecule has 1 heterocycles. The zero-order chi connectivity index (χ0) is 19.8. The molecule has 6 nitrogen and oxygen atoms in total. The largest absolute Gasteiger partial charge is 0.489 e. The molecule has 1 fully saturated rings. The lowest BCUT2D eigenvalue weighted by Crippen LogP contribution is -2.74. The lowest BCUT2D eigenvalue weighted by atomic mass is 9.49. The molecule has 0 atom stereocenters. The van der Waals surface area contributed by atoms with Gasteiger partial charge in [0.25, 0.3) is 5.91 Å². The second-order valence-electron chi connectivity index (χ2n) is 7.91. The van der Waals surface area contributed by atoms with Gasteiger partial charge < -0.3 is 10.1 Å². The van der Waals surface area contributed by atoms with Crippen LogP contribution in [0.25, 0.3) is 0 Å². The van der Waals surface area contributed by atoms with Gasteiger partial charge in [-0.05, 0) is 24.3 Å². The third-order valence-electron chi connectivity index (χ3n) is 5.23. The molecule has 27 heavy (non-hydrogen) atoms. The maximum Gasteiger partial charge on any atom is 0.272 e. The number of nitrogens with zero attached hydrogens (tertiary/aromatic N) is 3. The number of amides is 1. The first-order chi connectivity index (χ1) is 12.7. The van der Waals surface area contributed by atoms with E-state index in [-0.39, 0.29) is 34.6 Å². The van der Waals surface area contributed by atoms with E-state index >= 15 is 0 Å². The maximum absolute atomic E-state index is 12.5. The summed E-state index contributed by atoms with van der Waals surface area (Å²) < 4.78 is 6.21. The van der Waals surface area contributed by atoms with E-state index in [9.17, 15) is 4.79 Å². The van der Waals surface area contributed by atoms with Crippen molar-refractivity contribution in [3.8, 4) is 11.8 Å². The summed E-state index contributed by atoms with van der Waals surface area (Å²) in [5.74, 6) is 0.345. The predicted molar refractivity (Wildman–Crippen MR) is 101 cm³/mol. The quantitative estimate of drug-likeness (QED) is 0.869. The Bertz CT molecular complexity index is 890. The van der Waals surface area contributed by atoms with Gasteiger partial charge in [0.2, 0.25) is 0 Å². The van der Waals surface area contributed by atoms with Gasteiger partial charge in [-0.2, -0.15) is 10.4 Å². The van der Waals surface area contributed by atoms with E-state index in [1.807, 2.05) is 6.07 Å². The Labute approximate surface area is 163 Å². The van der Waals surface area contributed by atoms with Gasteiger partial charge in [-0.1, -0.05) is 39.3 Å². The minimum atomic E-state index is -0.318. The van der Waals surface area contributed by atoms with Crippen molar-refractivity contribution in [3.05, 3.63) is 52.8 Å². The number of hydrogen-bond donors (Lipinski definition) is 1. The molecule has 3 rings (SSSR count). The molecule has 1 aliphatic carbocycles. The molecular formula is C20H21ClN4O2. The van der Waals surface area contributed by atoms with Gasteiger partial charge in [0.05, 0.1) is 10.6 Å². The van der Waals surface area contributed by atoms with Crippen molar-refractivity contribution >= 4 is 17.5 Å². The fourth-order valence-corrected chi connectivity index (χ4v) is 4.44. The number of carbonyl (C=O) groups is 1. The molecule has 1 aromatic heterocycles. The smallest absolute Gasteiger partial charge is 0.272 e. The molecule has 0 saturated heterocycles. The van der Waals surface area contributed by atoms with Gasteiger partial charge in [-0.25, -0.2) is 0 Å². The van der Waals surface area contributed by atoms with E-state index in [4.69, 9.17) is 21.6 Å². The van der Waals surface area contributed by atoms with Gasteiger partial charge >= 0.3 is 0 Å². The minimum absolute atomic E-state index is 0.113. The summed E-state index contributed by atoms with van der Waals surface area (Å²) in [7, 11) is 0. The Morgan fingerprint density at radius 1 is 1.26 bits per heavy atom. The molecule has 0 unspecified atom stereocenters. The summed E-state index contributed by atoms with van der Waals surface area (Å²) >= 11 is 6.11. The zero-order valence-electron chi connectivity index (χ0n) is 15.7. The summed E-state index contributed by atoms with van der Waals surface area (Å²) in [6, 6.07) is 10.3. The first-order valence-electron chi connectivity index (χ1n) is 8.63. The molecule has 1 aliphatic rings. The van der Waals surface area contributed by atoms with Crippen LogP contribution in [-0.4, -0.2) is 28.3 Å². The van der Waals surface area contributed by atoms with Gasteiger partial charge in [0.15, 0.2) is 5.69 Å². The van der Waals surface area contributed by atoms with Crippen LogP contribution in [0.3, 0.4) is 0 Å². The van der Waals surface area contributed by atoms with E-state index in [0.717, 1.165) is 0 Å². The van der Waals surface area contributed by atoms with Crippen molar-refractivity contribution in [2.24, 2.45) is 10.8 Å². The van der Waals surface area contributed by atoms with Crippen LogP contribution < -0.4 is 10.1 Å². The van der Waals surface area contributed by atoms with Crippen LogP contribution in [-0.2, 0) is 0 Å². The summed E-state index contributed by atoms with van der Waals surface area (Å²) in [5.41, 5.74) is 0.0568. The second-order valence-corrected chi connectivity index (χ2v) is 8.32. The number of halogens is 1. The Morgan fingerprint density at radius 2 is 1.96 bits per heavy atom. The van der Waals surface area contributed by atoms with Crippen molar-refractivity contribution < 1.29 is 9.53 Å². The highest BCUT2D eigenvalue weighted by Gasteiger charge is 2.64. The highest BCUT2D eigenvalue weighted by molar-refractivity contribution is 6.31. The van der Waals surface area contributed by atoms with Crippen LogP contribution in [0.5, 0.6) is 5.75 Å². The van der Waals surface area contributed by atoms with E-state index in [0.29, 0.717) is 16.3 Å². The number of nitrogens with one attached hydrogen (secondary N) is 1. The molecule has 140 valence electrons. The van der Waals surface area contributed by atoms with Crippen LogP contribution in [0, 0.1) is 22.2 Å². The zero-order valence-corrected chi connectivity index (χ0v) is 16.4. The van der Waals surface area contributed by atoms with Crippen molar-refractivity contribution in [1.29, 1.82) is 5.26 Å². The van der Waals surface area contributed by atoms with Crippen molar-refractivity contribution in [2.45, 2.75) is 39.8 Å². The number of carbonyl (C=O) groups excluding carboxylic acids is 1. The van der Waals surface area contributed by atoms with Gasteiger partial charge in [-0.3, -0.25) is 4.79 Å². The molecular weight excluding hydrogens is 364 g/mol. The molecule has 1 saturated carbocycles. The molecule has 0 radical (unpaired) electrons. The van der Waals surface area contributed by atoms with Crippen LogP contribution >= 0.6 is 11.6 Å². The van der Waals surface area contributed by atoms with Crippen molar-refractivity contribution in [1.82, 2.24) is 15.5 Å². The highest BCUT2D eigenvalue weighted by Crippen LogP contribution is 2.55. The first kappa shape index (κ1) is 19.1. The third-order valence-corrected chi connectivity index (χ3v) is 5.55. The van der Waals surface area contributed by atoms with E-state index in [1.54, 1.807) is 30.3 Å². The fourth-order valence-electron chi connectivity index (χ4n) is 4.22. The Kier molecular flexibility index (Phi) is 4.83. The minimum Gasteiger partial charge on any atom is -0.489 e. The number of nitriles is 1. The van der Waals surface area contributed by atoms with E-state index < -0.39 is 0 Å². The molecule has 2 aromatic rings. The number of benzene rings is 1.